The Labute approximate surface area is 105 Å². The predicted molar refractivity (Wildman–Crippen MR) is 74.2 cm³/mol. The van der Waals surface area contributed by atoms with Gasteiger partial charge < -0.3 is 10.2 Å². The first-order valence-corrected chi connectivity index (χ1v) is 6.29. The zero-order valence-corrected chi connectivity index (χ0v) is 11.7. The van der Waals surface area contributed by atoms with E-state index in [0.717, 1.165) is 31.1 Å². The van der Waals surface area contributed by atoms with E-state index in [1.807, 2.05) is 6.07 Å². The third kappa shape index (κ3) is 5.68. The van der Waals surface area contributed by atoms with E-state index in [-0.39, 0.29) is 0 Å². The summed E-state index contributed by atoms with van der Waals surface area (Å²) < 4.78 is 0. The Bertz CT molecular complexity index is 342. The average molecular weight is 235 g/mol. The Kier molecular flexibility index (Phi) is 4.94. The van der Waals surface area contributed by atoms with Crippen LogP contribution < -0.4 is 5.32 Å². The van der Waals surface area contributed by atoms with Gasteiger partial charge in [-0.3, -0.25) is 0 Å². The first-order valence-electron chi connectivity index (χ1n) is 6.29. The molecule has 1 N–H and O–H groups in total. The number of nitrogens with one attached hydrogen (secondary N) is 1. The van der Waals surface area contributed by atoms with Gasteiger partial charge in [-0.15, -0.1) is 0 Å². The van der Waals surface area contributed by atoms with Crippen molar-refractivity contribution in [1.29, 1.82) is 0 Å². The summed E-state index contributed by atoms with van der Waals surface area (Å²) in [7, 11) is 2.15. The van der Waals surface area contributed by atoms with Crippen molar-refractivity contribution in [3.05, 3.63) is 23.9 Å². The van der Waals surface area contributed by atoms with Crippen molar-refractivity contribution in [2.24, 2.45) is 5.41 Å². The smallest absolute Gasteiger partial charge is 0.126 e. The van der Waals surface area contributed by atoms with Crippen LogP contribution in [0.3, 0.4) is 0 Å². The summed E-state index contributed by atoms with van der Waals surface area (Å²) >= 11 is 0. The predicted octanol–water partition coefficient (Wildman–Crippen LogP) is 2.99. The molecule has 0 aliphatic rings. The van der Waals surface area contributed by atoms with E-state index >= 15 is 0 Å². The molecule has 0 spiro atoms. The topological polar surface area (TPSA) is 28.2 Å². The molecule has 0 saturated heterocycles. The lowest BCUT2D eigenvalue weighted by Gasteiger charge is -2.26. The normalized spacial score (nSPS) is 11.9. The molecule has 0 amide bonds. The van der Waals surface area contributed by atoms with E-state index in [9.17, 15) is 0 Å². The lowest BCUT2D eigenvalue weighted by Crippen LogP contribution is -2.29. The molecule has 0 aliphatic carbocycles. The van der Waals surface area contributed by atoms with Gasteiger partial charge in [0.2, 0.25) is 0 Å². The molecule has 0 atom stereocenters. The quantitative estimate of drug-likeness (QED) is 0.850. The molecule has 1 heterocycles. The molecule has 1 aromatic rings. The van der Waals surface area contributed by atoms with Crippen molar-refractivity contribution in [3.63, 3.8) is 0 Å². The van der Waals surface area contributed by atoms with Crippen molar-refractivity contribution in [1.82, 2.24) is 9.88 Å². The van der Waals surface area contributed by atoms with E-state index in [1.165, 1.54) is 0 Å². The molecule has 96 valence electrons. The van der Waals surface area contributed by atoms with Crippen molar-refractivity contribution >= 4 is 5.82 Å². The number of hydrogen-bond donors (Lipinski definition) is 1. The molecule has 0 unspecified atom stereocenters. The fraction of sp³-hybridized carbons (Fsp3) is 0.643. The molecule has 17 heavy (non-hydrogen) atoms. The summed E-state index contributed by atoms with van der Waals surface area (Å²) in [5.41, 5.74) is 1.45. The second kappa shape index (κ2) is 6.01. The SMILES string of the molecule is CCNc1cccc(CN(C)CC(C)(C)C)n1. The second-order valence-electron chi connectivity index (χ2n) is 5.78. The van der Waals surface area contributed by atoms with E-state index in [1.54, 1.807) is 0 Å². The number of pyridine rings is 1. The minimum absolute atomic E-state index is 0.327. The molecule has 0 aromatic carbocycles. The van der Waals surface area contributed by atoms with Crippen LogP contribution in [0.25, 0.3) is 0 Å². The van der Waals surface area contributed by atoms with Crippen LogP contribution in [0.5, 0.6) is 0 Å². The molecule has 1 rings (SSSR count). The van der Waals surface area contributed by atoms with Crippen LogP contribution in [0.2, 0.25) is 0 Å². The van der Waals surface area contributed by atoms with Crippen LogP contribution in [0.1, 0.15) is 33.4 Å². The van der Waals surface area contributed by atoms with Crippen molar-refractivity contribution in [2.45, 2.75) is 34.2 Å². The highest BCUT2D eigenvalue weighted by molar-refractivity contribution is 5.34. The Morgan fingerprint density at radius 2 is 2.00 bits per heavy atom. The van der Waals surface area contributed by atoms with Crippen molar-refractivity contribution in [2.75, 3.05) is 25.5 Å². The maximum atomic E-state index is 4.58. The van der Waals surface area contributed by atoms with Gasteiger partial charge in [0.05, 0.1) is 5.69 Å². The van der Waals surface area contributed by atoms with Crippen LogP contribution in [0, 0.1) is 5.41 Å². The summed E-state index contributed by atoms with van der Waals surface area (Å²) in [5, 5.41) is 3.24. The van der Waals surface area contributed by atoms with Gasteiger partial charge in [0.1, 0.15) is 5.82 Å². The van der Waals surface area contributed by atoms with Crippen LogP contribution >= 0.6 is 0 Å². The first kappa shape index (κ1) is 14.0. The van der Waals surface area contributed by atoms with Crippen LogP contribution in [0.4, 0.5) is 5.82 Å². The molecular weight excluding hydrogens is 210 g/mol. The molecule has 0 radical (unpaired) electrons. The minimum Gasteiger partial charge on any atom is -0.370 e. The zero-order valence-electron chi connectivity index (χ0n) is 11.7. The summed E-state index contributed by atoms with van der Waals surface area (Å²) in [6.45, 7) is 11.7. The fourth-order valence-corrected chi connectivity index (χ4v) is 1.99. The number of nitrogens with zero attached hydrogens (tertiary/aromatic N) is 2. The Balaban J connectivity index is 2.58. The van der Waals surface area contributed by atoms with Gasteiger partial charge in [-0.1, -0.05) is 26.8 Å². The van der Waals surface area contributed by atoms with Crippen molar-refractivity contribution < 1.29 is 0 Å². The van der Waals surface area contributed by atoms with E-state index < -0.39 is 0 Å². The third-order valence-corrected chi connectivity index (χ3v) is 2.34. The maximum Gasteiger partial charge on any atom is 0.126 e. The monoisotopic (exact) mass is 235 g/mol. The van der Waals surface area contributed by atoms with Gasteiger partial charge in [-0.05, 0) is 31.5 Å². The van der Waals surface area contributed by atoms with Gasteiger partial charge >= 0.3 is 0 Å². The standard InChI is InChI=1S/C14H25N3/c1-6-15-13-9-7-8-12(16-13)10-17(5)11-14(2,3)4/h7-9H,6,10-11H2,1-5H3,(H,15,16). The first-order chi connectivity index (χ1) is 7.90. The van der Waals surface area contributed by atoms with Crippen LogP contribution in [-0.2, 0) is 6.54 Å². The Morgan fingerprint density at radius 1 is 1.29 bits per heavy atom. The summed E-state index contributed by atoms with van der Waals surface area (Å²) in [4.78, 5) is 6.90. The lowest BCUT2D eigenvalue weighted by atomic mass is 9.96. The van der Waals surface area contributed by atoms with E-state index in [0.29, 0.717) is 5.41 Å². The van der Waals surface area contributed by atoms with Gasteiger partial charge in [0.25, 0.3) is 0 Å². The Morgan fingerprint density at radius 3 is 2.59 bits per heavy atom. The number of rotatable bonds is 5. The largest absolute Gasteiger partial charge is 0.370 e. The van der Waals surface area contributed by atoms with Gasteiger partial charge in [0, 0.05) is 19.6 Å². The van der Waals surface area contributed by atoms with Crippen LogP contribution in [-0.4, -0.2) is 30.0 Å². The van der Waals surface area contributed by atoms with E-state index in [4.69, 9.17) is 0 Å². The molecule has 0 saturated carbocycles. The lowest BCUT2D eigenvalue weighted by molar-refractivity contribution is 0.219. The zero-order chi connectivity index (χ0) is 12.9. The number of anilines is 1. The number of aromatic nitrogens is 1. The fourth-order valence-electron chi connectivity index (χ4n) is 1.99. The minimum atomic E-state index is 0.327. The molecule has 0 fully saturated rings. The van der Waals surface area contributed by atoms with Crippen molar-refractivity contribution in [3.8, 4) is 0 Å². The molecule has 3 nitrogen and oxygen atoms in total. The summed E-state index contributed by atoms with van der Waals surface area (Å²) in [6.07, 6.45) is 0. The summed E-state index contributed by atoms with van der Waals surface area (Å²) in [6, 6.07) is 6.15. The number of hydrogen-bond acceptors (Lipinski definition) is 3. The Hall–Kier alpha value is -1.09. The highest BCUT2D eigenvalue weighted by Crippen LogP contribution is 2.15. The van der Waals surface area contributed by atoms with E-state index in [2.05, 4.69) is 62.1 Å². The van der Waals surface area contributed by atoms with Gasteiger partial charge in [-0.2, -0.15) is 0 Å². The molecule has 1 aromatic heterocycles. The molecule has 3 heteroatoms. The molecule has 0 aliphatic heterocycles. The highest BCUT2D eigenvalue weighted by atomic mass is 15.1. The highest BCUT2D eigenvalue weighted by Gasteiger charge is 2.13. The molecule has 0 bridgehead atoms. The second-order valence-corrected chi connectivity index (χ2v) is 5.78. The maximum absolute atomic E-state index is 4.58. The van der Waals surface area contributed by atoms with Crippen LogP contribution in [0.15, 0.2) is 18.2 Å². The average Bonchev–Trinajstić information content (AvgIpc) is 2.15. The van der Waals surface area contributed by atoms with Gasteiger partial charge in [-0.25, -0.2) is 4.98 Å². The third-order valence-electron chi connectivity index (χ3n) is 2.34. The molecular formula is C14H25N3. The summed E-state index contributed by atoms with van der Waals surface area (Å²) in [5.74, 6) is 0.967. The van der Waals surface area contributed by atoms with Gasteiger partial charge in [0.15, 0.2) is 0 Å².